The second kappa shape index (κ2) is 7.15. The first-order chi connectivity index (χ1) is 6.11. The molecule has 1 atom stereocenters. The van der Waals surface area contributed by atoms with E-state index in [-0.39, 0.29) is 17.8 Å². The van der Waals surface area contributed by atoms with Crippen LogP contribution in [0.1, 0.15) is 20.8 Å². The van der Waals surface area contributed by atoms with Crippen LogP contribution in [0, 0.1) is 5.92 Å². The van der Waals surface area contributed by atoms with Crippen molar-refractivity contribution in [2.24, 2.45) is 5.92 Å². The molecule has 0 aromatic carbocycles. The third-order valence-electron chi connectivity index (χ3n) is 1.77. The Morgan fingerprint density at radius 1 is 1.54 bits per heavy atom. The Hall–Kier alpha value is -0.280. The highest BCUT2D eigenvalue weighted by atomic mass is 35.5. The van der Waals surface area contributed by atoms with E-state index in [1.165, 1.54) is 0 Å². The molecule has 0 aliphatic carbocycles. The highest BCUT2D eigenvalue weighted by Gasteiger charge is 2.15. The van der Waals surface area contributed by atoms with Crippen LogP contribution in [0.4, 0.5) is 0 Å². The van der Waals surface area contributed by atoms with Gasteiger partial charge in [0, 0.05) is 6.61 Å². The van der Waals surface area contributed by atoms with Crippen molar-refractivity contribution in [1.82, 2.24) is 5.32 Å². The molecular weight excluding hydrogens is 190 g/mol. The summed E-state index contributed by atoms with van der Waals surface area (Å²) in [5.74, 6) is 0.230. The van der Waals surface area contributed by atoms with E-state index in [0.717, 1.165) is 0 Å². The molecule has 0 saturated heterocycles. The van der Waals surface area contributed by atoms with E-state index >= 15 is 0 Å². The van der Waals surface area contributed by atoms with E-state index in [0.29, 0.717) is 19.1 Å². The maximum atomic E-state index is 11.0. The molecule has 0 saturated carbocycles. The molecule has 1 N–H and O–H groups in total. The standard InChI is InChI=1S/C9H18ClNO2/c1-4-13-6-8(7(2)3)11-9(12)5-10/h7-8H,4-6H2,1-3H3,(H,11,12). The topological polar surface area (TPSA) is 38.3 Å². The predicted molar refractivity (Wildman–Crippen MR) is 54.0 cm³/mol. The average Bonchev–Trinajstić information content (AvgIpc) is 2.11. The summed E-state index contributed by atoms with van der Waals surface area (Å²) in [6.07, 6.45) is 0. The molecule has 0 bridgehead atoms. The van der Waals surface area contributed by atoms with Gasteiger partial charge in [-0.3, -0.25) is 4.79 Å². The van der Waals surface area contributed by atoms with Crippen LogP contribution in [-0.4, -0.2) is 31.0 Å². The Morgan fingerprint density at radius 3 is 2.54 bits per heavy atom. The molecule has 0 heterocycles. The van der Waals surface area contributed by atoms with Crippen molar-refractivity contribution in [3.63, 3.8) is 0 Å². The first kappa shape index (κ1) is 12.7. The Morgan fingerprint density at radius 2 is 2.15 bits per heavy atom. The molecule has 0 spiro atoms. The molecule has 1 amide bonds. The zero-order valence-electron chi connectivity index (χ0n) is 8.47. The van der Waals surface area contributed by atoms with Crippen molar-refractivity contribution in [3.05, 3.63) is 0 Å². The van der Waals surface area contributed by atoms with Gasteiger partial charge in [-0.25, -0.2) is 0 Å². The molecule has 1 unspecified atom stereocenters. The van der Waals surface area contributed by atoms with E-state index in [1.54, 1.807) is 0 Å². The van der Waals surface area contributed by atoms with Crippen molar-refractivity contribution in [2.45, 2.75) is 26.8 Å². The Bertz CT molecular complexity index is 151. The van der Waals surface area contributed by atoms with Gasteiger partial charge in [-0.1, -0.05) is 13.8 Å². The van der Waals surface area contributed by atoms with Gasteiger partial charge in [-0.2, -0.15) is 0 Å². The van der Waals surface area contributed by atoms with Crippen molar-refractivity contribution in [3.8, 4) is 0 Å². The summed E-state index contributed by atoms with van der Waals surface area (Å²) in [5, 5.41) is 2.81. The van der Waals surface area contributed by atoms with Gasteiger partial charge < -0.3 is 10.1 Å². The maximum Gasteiger partial charge on any atom is 0.235 e. The fourth-order valence-corrected chi connectivity index (χ4v) is 0.968. The monoisotopic (exact) mass is 207 g/mol. The predicted octanol–water partition coefficient (Wildman–Crippen LogP) is 1.40. The van der Waals surface area contributed by atoms with Crippen LogP contribution in [0.25, 0.3) is 0 Å². The molecule has 0 aromatic heterocycles. The summed E-state index contributed by atoms with van der Waals surface area (Å²) >= 11 is 5.38. The highest BCUT2D eigenvalue weighted by Crippen LogP contribution is 2.02. The summed E-state index contributed by atoms with van der Waals surface area (Å²) < 4.78 is 5.24. The Balaban J connectivity index is 3.87. The van der Waals surface area contributed by atoms with Crippen molar-refractivity contribution in [1.29, 1.82) is 0 Å². The molecule has 4 heteroatoms. The van der Waals surface area contributed by atoms with Crippen LogP contribution in [0.2, 0.25) is 0 Å². The molecule has 0 aromatic rings. The SMILES string of the molecule is CCOCC(NC(=O)CCl)C(C)C. The van der Waals surface area contributed by atoms with Crippen molar-refractivity contribution in [2.75, 3.05) is 19.1 Å². The highest BCUT2D eigenvalue weighted by molar-refractivity contribution is 6.27. The van der Waals surface area contributed by atoms with E-state index < -0.39 is 0 Å². The van der Waals surface area contributed by atoms with Gasteiger partial charge in [-0.15, -0.1) is 11.6 Å². The first-order valence-corrected chi connectivity index (χ1v) is 5.08. The number of carbonyl (C=O) groups is 1. The third kappa shape index (κ3) is 5.88. The largest absolute Gasteiger partial charge is 0.380 e. The van der Waals surface area contributed by atoms with Gasteiger partial charge in [0.25, 0.3) is 0 Å². The quantitative estimate of drug-likeness (QED) is 0.669. The number of hydrogen-bond acceptors (Lipinski definition) is 2. The summed E-state index contributed by atoms with van der Waals surface area (Å²) in [4.78, 5) is 11.0. The maximum absolute atomic E-state index is 11.0. The number of nitrogens with one attached hydrogen (secondary N) is 1. The number of carbonyl (C=O) groups excluding carboxylic acids is 1. The molecule has 13 heavy (non-hydrogen) atoms. The molecule has 78 valence electrons. The normalized spacial score (nSPS) is 13.0. The van der Waals surface area contributed by atoms with Gasteiger partial charge in [0.1, 0.15) is 5.88 Å². The molecule has 0 radical (unpaired) electrons. The Kier molecular flexibility index (Phi) is 7.00. The van der Waals surface area contributed by atoms with Gasteiger partial charge in [0.05, 0.1) is 12.6 Å². The average molecular weight is 208 g/mol. The van der Waals surface area contributed by atoms with E-state index in [9.17, 15) is 4.79 Å². The Labute approximate surface area is 84.8 Å². The fraction of sp³-hybridized carbons (Fsp3) is 0.889. The van der Waals surface area contributed by atoms with Crippen LogP contribution in [0.5, 0.6) is 0 Å². The first-order valence-electron chi connectivity index (χ1n) is 4.54. The van der Waals surface area contributed by atoms with E-state index in [2.05, 4.69) is 5.32 Å². The summed E-state index contributed by atoms with van der Waals surface area (Å²) in [7, 11) is 0. The minimum Gasteiger partial charge on any atom is -0.380 e. The molecule has 3 nitrogen and oxygen atoms in total. The smallest absolute Gasteiger partial charge is 0.235 e. The fourth-order valence-electron chi connectivity index (χ4n) is 0.891. The zero-order valence-corrected chi connectivity index (χ0v) is 9.23. The van der Waals surface area contributed by atoms with E-state index in [1.807, 2.05) is 20.8 Å². The molecule has 0 fully saturated rings. The summed E-state index contributed by atoms with van der Waals surface area (Å²) in [5.41, 5.74) is 0. The number of rotatable bonds is 6. The van der Waals surface area contributed by atoms with Crippen LogP contribution >= 0.6 is 11.6 Å². The third-order valence-corrected chi connectivity index (χ3v) is 2.02. The summed E-state index contributed by atoms with van der Waals surface area (Å²) in [6.45, 7) is 7.23. The van der Waals surface area contributed by atoms with Crippen LogP contribution in [0.15, 0.2) is 0 Å². The molecule has 0 aliphatic rings. The molecule has 0 rings (SSSR count). The minimum atomic E-state index is -0.139. The second-order valence-corrected chi connectivity index (χ2v) is 3.48. The van der Waals surface area contributed by atoms with Gasteiger partial charge >= 0.3 is 0 Å². The van der Waals surface area contributed by atoms with E-state index in [4.69, 9.17) is 16.3 Å². The van der Waals surface area contributed by atoms with Gasteiger partial charge in [0.2, 0.25) is 5.91 Å². The van der Waals surface area contributed by atoms with Crippen LogP contribution in [-0.2, 0) is 9.53 Å². The summed E-state index contributed by atoms with van der Waals surface area (Å²) in [6, 6.07) is 0.0613. The van der Waals surface area contributed by atoms with Crippen molar-refractivity contribution >= 4 is 17.5 Å². The molecule has 0 aliphatic heterocycles. The minimum absolute atomic E-state index is 0.00927. The lowest BCUT2D eigenvalue weighted by molar-refractivity contribution is -0.120. The van der Waals surface area contributed by atoms with Gasteiger partial charge in [0.15, 0.2) is 0 Å². The molecular formula is C9H18ClNO2. The zero-order chi connectivity index (χ0) is 10.3. The van der Waals surface area contributed by atoms with Crippen molar-refractivity contribution < 1.29 is 9.53 Å². The number of hydrogen-bond donors (Lipinski definition) is 1. The number of alkyl halides is 1. The second-order valence-electron chi connectivity index (χ2n) is 3.21. The number of amides is 1. The van der Waals surface area contributed by atoms with Crippen LogP contribution < -0.4 is 5.32 Å². The lowest BCUT2D eigenvalue weighted by Crippen LogP contribution is -2.42. The van der Waals surface area contributed by atoms with Crippen LogP contribution in [0.3, 0.4) is 0 Å². The lowest BCUT2D eigenvalue weighted by atomic mass is 10.1. The lowest BCUT2D eigenvalue weighted by Gasteiger charge is -2.21. The number of halogens is 1. The van der Waals surface area contributed by atoms with Gasteiger partial charge in [-0.05, 0) is 12.8 Å². The number of ether oxygens (including phenoxy) is 1.